The summed E-state index contributed by atoms with van der Waals surface area (Å²) in [5.41, 5.74) is 0.345. The van der Waals surface area contributed by atoms with Crippen molar-refractivity contribution in [3.8, 4) is 11.5 Å². The van der Waals surface area contributed by atoms with Crippen LogP contribution in [0.2, 0.25) is 0 Å². The quantitative estimate of drug-likeness (QED) is 0.853. The lowest BCUT2D eigenvalue weighted by Crippen LogP contribution is -2.38. The van der Waals surface area contributed by atoms with Crippen LogP contribution in [-0.4, -0.2) is 36.2 Å². The number of fused-ring (bicyclic) bond motifs is 1. The Kier molecular flexibility index (Phi) is 3.89. The van der Waals surface area contributed by atoms with Crippen molar-refractivity contribution in [2.24, 2.45) is 0 Å². The fourth-order valence-corrected chi connectivity index (χ4v) is 1.65. The lowest BCUT2D eigenvalue weighted by Gasteiger charge is -2.11. The second-order valence-electron chi connectivity index (χ2n) is 4.25. The van der Waals surface area contributed by atoms with Gasteiger partial charge in [-0.3, -0.25) is 9.59 Å². The summed E-state index contributed by atoms with van der Waals surface area (Å²) in [5.74, 6) is -0.429. The standard InChI is InChI=1S/C13H15NO5/c1-8(13(16)17)14-12(15)9-3-4-10-11(7-9)19-6-2-5-18-10/h3-4,7-8H,2,5-6H2,1H3,(H,14,15)(H,16,17)/t8-/m0/s1. The van der Waals surface area contributed by atoms with Crippen molar-refractivity contribution < 1.29 is 24.2 Å². The SMILES string of the molecule is C[C@H](NC(=O)c1ccc2c(c1)OCCCO2)C(=O)O. The van der Waals surface area contributed by atoms with Crippen molar-refractivity contribution >= 4 is 11.9 Å². The minimum Gasteiger partial charge on any atom is -0.490 e. The first-order valence-corrected chi connectivity index (χ1v) is 6.01. The van der Waals surface area contributed by atoms with Gasteiger partial charge in [0.05, 0.1) is 13.2 Å². The van der Waals surface area contributed by atoms with Crippen molar-refractivity contribution in [3.63, 3.8) is 0 Å². The summed E-state index contributed by atoms with van der Waals surface area (Å²) in [6, 6.07) is 3.85. The van der Waals surface area contributed by atoms with Gasteiger partial charge in [0.1, 0.15) is 6.04 Å². The molecule has 0 radical (unpaired) electrons. The Hall–Kier alpha value is -2.24. The maximum Gasteiger partial charge on any atom is 0.325 e. The van der Waals surface area contributed by atoms with Crippen LogP contribution in [-0.2, 0) is 4.79 Å². The molecule has 0 aromatic heterocycles. The maximum absolute atomic E-state index is 11.9. The fraction of sp³-hybridized carbons (Fsp3) is 0.385. The number of ether oxygens (including phenoxy) is 2. The highest BCUT2D eigenvalue weighted by Crippen LogP contribution is 2.30. The minimum absolute atomic E-state index is 0.345. The van der Waals surface area contributed by atoms with Gasteiger partial charge in [-0.05, 0) is 25.1 Å². The Labute approximate surface area is 110 Å². The molecule has 1 aliphatic heterocycles. The zero-order valence-corrected chi connectivity index (χ0v) is 10.5. The Morgan fingerprint density at radius 1 is 1.26 bits per heavy atom. The van der Waals surface area contributed by atoms with Crippen LogP contribution in [0.15, 0.2) is 18.2 Å². The van der Waals surface area contributed by atoms with Crippen LogP contribution in [0.5, 0.6) is 11.5 Å². The van der Waals surface area contributed by atoms with Gasteiger partial charge in [-0.25, -0.2) is 0 Å². The number of amides is 1. The van der Waals surface area contributed by atoms with E-state index in [-0.39, 0.29) is 0 Å². The number of hydrogen-bond acceptors (Lipinski definition) is 4. The fourth-order valence-electron chi connectivity index (χ4n) is 1.65. The second kappa shape index (κ2) is 5.60. The molecule has 0 aliphatic carbocycles. The lowest BCUT2D eigenvalue weighted by molar-refractivity contribution is -0.138. The molecule has 0 saturated heterocycles. The summed E-state index contributed by atoms with van der Waals surface area (Å²) in [4.78, 5) is 22.5. The highest BCUT2D eigenvalue weighted by molar-refractivity contribution is 5.97. The van der Waals surface area contributed by atoms with E-state index < -0.39 is 17.9 Å². The van der Waals surface area contributed by atoms with Crippen LogP contribution in [0.4, 0.5) is 0 Å². The van der Waals surface area contributed by atoms with E-state index in [4.69, 9.17) is 14.6 Å². The van der Waals surface area contributed by atoms with Crippen LogP contribution in [0, 0.1) is 0 Å². The Morgan fingerprint density at radius 3 is 2.63 bits per heavy atom. The van der Waals surface area contributed by atoms with Crippen LogP contribution in [0.1, 0.15) is 23.7 Å². The van der Waals surface area contributed by atoms with Crippen molar-refractivity contribution in [2.45, 2.75) is 19.4 Å². The number of carboxylic acids is 1. The monoisotopic (exact) mass is 265 g/mol. The smallest absolute Gasteiger partial charge is 0.325 e. The van der Waals surface area contributed by atoms with Crippen LogP contribution in [0.25, 0.3) is 0 Å². The van der Waals surface area contributed by atoms with E-state index in [0.29, 0.717) is 30.3 Å². The molecule has 1 aliphatic rings. The highest BCUT2D eigenvalue weighted by Gasteiger charge is 2.18. The summed E-state index contributed by atoms with van der Waals surface area (Å²) in [6.07, 6.45) is 0.784. The van der Waals surface area contributed by atoms with Crippen molar-refractivity contribution in [3.05, 3.63) is 23.8 Å². The Bertz CT molecular complexity index is 500. The van der Waals surface area contributed by atoms with E-state index in [1.165, 1.54) is 6.92 Å². The Balaban J connectivity index is 2.15. The van der Waals surface area contributed by atoms with Gasteiger partial charge >= 0.3 is 5.97 Å². The molecule has 1 aromatic rings. The first-order valence-electron chi connectivity index (χ1n) is 6.01. The molecule has 6 heteroatoms. The number of aliphatic carboxylic acids is 1. The van der Waals surface area contributed by atoms with Crippen LogP contribution < -0.4 is 14.8 Å². The third kappa shape index (κ3) is 3.15. The molecule has 2 N–H and O–H groups in total. The van der Waals surface area contributed by atoms with E-state index in [9.17, 15) is 9.59 Å². The molecule has 0 bridgehead atoms. The largest absolute Gasteiger partial charge is 0.490 e. The average molecular weight is 265 g/mol. The molecule has 0 fully saturated rings. The first kappa shape index (κ1) is 13.2. The summed E-state index contributed by atoms with van der Waals surface area (Å²) in [5, 5.41) is 11.1. The minimum atomic E-state index is -1.08. The van der Waals surface area contributed by atoms with E-state index in [1.54, 1.807) is 18.2 Å². The number of carbonyl (C=O) groups excluding carboxylic acids is 1. The van der Waals surface area contributed by atoms with Gasteiger partial charge in [0, 0.05) is 12.0 Å². The molecule has 2 rings (SSSR count). The summed E-state index contributed by atoms with van der Waals surface area (Å²) >= 11 is 0. The molecular weight excluding hydrogens is 250 g/mol. The van der Waals surface area contributed by atoms with E-state index >= 15 is 0 Å². The van der Waals surface area contributed by atoms with Gasteiger partial charge in [-0.1, -0.05) is 0 Å². The number of carboxylic acid groups (broad SMARTS) is 1. The van der Waals surface area contributed by atoms with Gasteiger partial charge in [-0.15, -0.1) is 0 Å². The summed E-state index contributed by atoms with van der Waals surface area (Å²) in [6.45, 7) is 2.52. The lowest BCUT2D eigenvalue weighted by atomic mass is 10.1. The van der Waals surface area contributed by atoms with Crippen molar-refractivity contribution in [2.75, 3.05) is 13.2 Å². The van der Waals surface area contributed by atoms with Crippen LogP contribution >= 0.6 is 0 Å². The summed E-state index contributed by atoms with van der Waals surface area (Å²) in [7, 11) is 0. The number of hydrogen-bond donors (Lipinski definition) is 2. The second-order valence-corrected chi connectivity index (χ2v) is 4.25. The highest BCUT2D eigenvalue weighted by atomic mass is 16.5. The van der Waals surface area contributed by atoms with Crippen LogP contribution in [0.3, 0.4) is 0 Å². The number of benzene rings is 1. The van der Waals surface area contributed by atoms with Gasteiger partial charge in [0.25, 0.3) is 5.91 Å². The van der Waals surface area contributed by atoms with Gasteiger partial charge in [0.2, 0.25) is 0 Å². The van der Waals surface area contributed by atoms with E-state index in [1.807, 2.05) is 0 Å². The van der Waals surface area contributed by atoms with Gasteiger partial charge in [0.15, 0.2) is 11.5 Å². The number of carbonyl (C=O) groups is 2. The molecule has 1 heterocycles. The Morgan fingerprint density at radius 2 is 1.95 bits per heavy atom. The molecule has 0 unspecified atom stereocenters. The topological polar surface area (TPSA) is 84.9 Å². The molecule has 1 amide bonds. The normalized spacial score (nSPS) is 15.2. The number of nitrogens with one attached hydrogen (secondary N) is 1. The maximum atomic E-state index is 11.9. The molecule has 0 saturated carbocycles. The van der Waals surface area contributed by atoms with E-state index in [0.717, 1.165) is 6.42 Å². The third-order valence-electron chi connectivity index (χ3n) is 2.73. The molecule has 6 nitrogen and oxygen atoms in total. The molecule has 1 aromatic carbocycles. The predicted octanol–water partition coefficient (Wildman–Crippen LogP) is 1.05. The van der Waals surface area contributed by atoms with Gasteiger partial charge in [-0.2, -0.15) is 0 Å². The zero-order chi connectivity index (χ0) is 13.8. The summed E-state index contributed by atoms with van der Waals surface area (Å²) < 4.78 is 10.9. The predicted molar refractivity (Wildman–Crippen MR) is 66.6 cm³/mol. The molecule has 102 valence electrons. The molecular formula is C13H15NO5. The molecule has 19 heavy (non-hydrogen) atoms. The average Bonchev–Trinajstić information content (AvgIpc) is 2.62. The third-order valence-corrected chi connectivity index (χ3v) is 2.73. The number of rotatable bonds is 3. The van der Waals surface area contributed by atoms with E-state index in [2.05, 4.69) is 5.32 Å². The first-order chi connectivity index (χ1) is 9.08. The molecule has 0 spiro atoms. The zero-order valence-electron chi connectivity index (χ0n) is 10.5. The van der Waals surface area contributed by atoms with Crippen molar-refractivity contribution in [1.82, 2.24) is 5.32 Å². The molecule has 1 atom stereocenters. The van der Waals surface area contributed by atoms with Crippen molar-refractivity contribution in [1.29, 1.82) is 0 Å². The van der Waals surface area contributed by atoms with Gasteiger partial charge < -0.3 is 19.9 Å².